The molecule has 0 aromatic heterocycles. The van der Waals surface area contributed by atoms with Crippen molar-refractivity contribution in [3.8, 4) is 34.1 Å². The van der Waals surface area contributed by atoms with Crippen molar-refractivity contribution in [1.82, 2.24) is 4.90 Å². The fraction of sp³-hybridized carbons (Fsp3) is 0.267. The van der Waals surface area contributed by atoms with Crippen LogP contribution in [-0.2, 0) is 9.84 Å². The molecule has 0 saturated carbocycles. The Kier molecular flexibility index (Phi) is 7.53. The van der Waals surface area contributed by atoms with Gasteiger partial charge in [-0.2, -0.15) is 0 Å². The standard InChI is InChI=1S/C30H30FNO5S/c1-38(34,35)27-10-2-22(3-11-27)28-12-4-23-18-24(33)5-13-29(23)30(28)37-26-8-6-25(7-9-26)36-17-16-32-15-14-21(19-31)20-32/h2-13,18,21,33H,14-17,19-20H2,1H3/t21-/m0/s1. The van der Waals surface area contributed by atoms with Gasteiger partial charge in [0.15, 0.2) is 9.84 Å². The quantitative estimate of drug-likeness (QED) is 0.280. The molecular formula is C30H30FNO5S. The second-order valence-electron chi connectivity index (χ2n) is 9.68. The van der Waals surface area contributed by atoms with Crippen molar-refractivity contribution in [1.29, 1.82) is 0 Å². The predicted molar refractivity (Wildman–Crippen MR) is 147 cm³/mol. The minimum atomic E-state index is -3.31. The zero-order valence-corrected chi connectivity index (χ0v) is 22.0. The van der Waals surface area contributed by atoms with Crippen molar-refractivity contribution in [3.05, 3.63) is 78.9 Å². The molecular weight excluding hydrogens is 505 g/mol. The number of hydrogen-bond acceptors (Lipinski definition) is 6. The molecule has 0 spiro atoms. The second-order valence-corrected chi connectivity index (χ2v) is 11.7. The maximum atomic E-state index is 12.8. The molecule has 1 N–H and O–H groups in total. The van der Waals surface area contributed by atoms with Crippen molar-refractivity contribution in [2.24, 2.45) is 5.92 Å². The molecule has 8 heteroatoms. The molecule has 6 nitrogen and oxygen atoms in total. The molecule has 0 aliphatic carbocycles. The van der Waals surface area contributed by atoms with Gasteiger partial charge in [0.05, 0.1) is 11.6 Å². The second kappa shape index (κ2) is 11.0. The van der Waals surface area contributed by atoms with Gasteiger partial charge in [-0.05, 0) is 84.6 Å². The molecule has 1 heterocycles. The van der Waals surface area contributed by atoms with Crippen LogP contribution in [0.5, 0.6) is 23.0 Å². The lowest BCUT2D eigenvalue weighted by molar-refractivity contribution is 0.228. The molecule has 4 aromatic rings. The van der Waals surface area contributed by atoms with Crippen molar-refractivity contribution in [3.63, 3.8) is 0 Å². The topological polar surface area (TPSA) is 76.1 Å². The van der Waals surface area contributed by atoms with Gasteiger partial charge in [-0.3, -0.25) is 9.29 Å². The smallest absolute Gasteiger partial charge is 0.175 e. The number of ether oxygens (including phenoxy) is 2. The van der Waals surface area contributed by atoms with Crippen LogP contribution in [0, 0.1) is 5.92 Å². The van der Waals surface area contributed by atoms with Crippen molar-refractivity contribution in [2.45, 2.75) is 11.3 Å². The number of phenols is 1. The Morgan fingerprint density at radius 1 is 0.974 bits per heavy atom. The van der Waals surface area contributed by atoms with Gasteiger partial charge in [-0.15, -0.1) is 0 Å². The number of halogens is 1. The zero-order chi connectivity index (χ0) is 26.7. The van der Waals surface area contributed by atoms with Crippen LogP contribution in [0.1, 0.15) is 6.42 Å². The van der Waals surface area contributed by atoms with E-state index in [9.17, 15) is 17.9 Å². The molecule has 0 radical (unpaired) electrons. The van der Waals surface area contributed by atoms with Crippen molar-refractivity contribution < 1.29 is 27.4 Å². The summed E-state index contributed by atoms with van der Waals surface area (Å²) in [5.74, 6) is 2.23. The highest BCUT2D eigenvalue weighted by atomic mass is 32.2. The number of fused-ring (bicyclic) bond motifs is 1. The summed E-state index contributed by atoms with van der Waals surface area (Å²) in [5.41, 5.74) is 1.60. The third-order valence-corrected chi connectivity index (χ3v) is 7.98. The average Bonchev–Trinajstić information content (AvgIpc) is 3.37. The molecule has 0 unspecified atom stereocenters. The molecule has 0 amide bonds. The Bertz CT molecular complexity index is 1520. The first-order valence-corrected chi connectivity index (χ1v) is 14.4. The SMILES string of the molecule is CS(=O)(=O)c1ccc(-c2ccc3cc(O)ccc3c2Oc2ccc(OCCN3CC[C@@H](CF)C3)cc2)cc1. The summed E-state index contributed by atoms with van der Waals surface area (Å²) < 4.78 is 48.9. The number of rotatable bonds is 9. The number of alkyl halides is 1. The maximum Gasteiger partial charge on any atom is 0.175 e. The first kappa shape index (κ1) is 26.0. The summed E-state index contributed by atoms with van der Waals surface area (Å²) in [6, 6.07) is 22.9. The summed E-state index contributed by atoms with van der Waals surface area (Å²) in [6.07, 6.45) is 2.08. The Morgan fingerprint density at radius 3 is 2.39 bits per heavy atom. The van der Waals surface area contributed by atoms with Crippen LogP contribution in [0.2, 0.25) is 0 Å². The highest BCUT2D eigenvalue weighted by molar-refractivity contribution is 7.90. The molecule has 0 bridgehead atoms. The van der Waals surface area contributed by atoms with E-state index in [1.54, 1.807) is 42.5 Å². The Morgan fingerprint density at radius 2 is 1.71 bits per heavy atom. The van der Waals surface area contributed by atoms with E-state index >= 15 is 0 Å². The van der Waals surface area contributed by atoms with Crippen LogP contribution in [0.3, 0.4) is 0 Å². The van der Waals surface area contributed by atoms with Crippen LogP contribution >= 0.6 is 0 Å². The third-order valence-electron chi connectivity index (χ3n) is 6.86. The molecule has 1 aliphatic heterocycles. The summed E-state index contributed by atoms with van der Waals surface area (Å²) in [4.78, 5) is 2.47. The minimum absolute atomic E-state index is 0.145. The molecule has 1 saturated heterocycles. The lowest BCUT2D eigenvalue weighted by atomic mass is 9.99. The minimum Gasteiger partial charge on any atom is -0.508 e. The zero-order valence-electron chi connectivity index (χ0n) is 21.1. The number of aromatic hydroxyl groups is 1. The van der Waals surface area contributed by atoms with Gasteiger partial charge in [0, 0.05) is 36.2 Å². The molecule has 1 aliphatic rings. The normalized spacial score (nSPS) is 16.1. The fourth-order valence-electron chi connectivity index (χ4n) is 4.76. The number of phenolic OH excluding ortho intramolecular Hbond substituents is 1. The van der Waals surface area contributed by atoms with Gasteiger partial charge in [0.1, 0.15) is 29.6 Å². The Labute approximate surface area is 222 Å². The predicted octanol–water partition coefficient (Wildman–Crippen LogP) is 6.08. The maximum absolute atomic E-state index is 12.8. The van der Waals surface area contributed by atoms with Crippen molar-refractivity contribution in [2.75, 3.05) is 39.2 Å². The number of likely N-dealkylation sites (tertiary alicyclic amines) is 1. The summed E-state index contributed by atoms with van der Waals surface area (Å²) in [5, 5.41) is 11.6. The van der Waals surface area contributed by atoms with Crippen molar-refractivity contribution >= 4 is 20.6 Å². The van der Waals surface area contributed by atoms with Gasteiger partial charge in [0.2, 0.25) is 0 Å². The highest BCUT2D eigenvalue weighted by Crippen LogP contribution is 2.41. The fourth-order valence-corrected chi connectivity index (χ4v) is 5.39. The van der Waals surface area contributed by atoms with E-state index in [1.807, 2.05) is 36.4 Å². The van der Waals surface area contributed by atoms with Gasteiger partial charge in [-0.25, -0.2) is 8.42 Å². The Hall–Kier alpha value is -3.62. The third kappa shape index (κ3) is 5.92. The molecule has 1 fully saturated rings. The van der Waals surface area contributed by atoms with Gasteiger partial charge in [0.25, 0.3) is 0 Å². The van der Waals surface area contributed by atoms with Crippen LogP contribution in [0.25, 0.3) is 21.9 Å². The highest BCUT2D eigenvalue weighted by Gasteiger charge is 2.21. The first-order chi connectivity index (χ1) is 18.3. The van der Waals surface area contributed by atoms with Gasteiger partial charge >= 0.3 is 0 Å². The number of nitrogens with zero attached hydrogens (tertiary/aromatic N) is 1. The van der Waals surface area contributed by atoms with E-state index in [2.05, 4.69) is 4.90 Å². The largest absolute Gasteiger partial charge is 0.508 e. The molecule has 198 valence electrons. The number of benzene rings is 4. The molecule has 5 rings (SSSR count). The van der Waals surface area contributed by atoms with E-state index in [0.29, 0.717) is 18.1 Å². The van der Waals surface area contributed by atoms with Gasteiger partial charge < -0.3 is 14.6 Å². The average molecular weight is 536 g/mol. The molecule has 4 aromatic carbocycles. The summed E-state index contributed by atoms with van der Waals surface area (Å²) >= 11 is 0. The monoisotopic (exact) mass is 535 g/mol. The lowest BCUT2D eigenvalue weighted by Crippen LogP contribution is -2.26. The van der Waals surface area contributed by atoms with E-state index in [1.165, 1.54) is 6.26 Å². The van der Waals surface area contributed by atoms with E-state index < -0.39 is 9.84 Å². The van der Waals surface area contributed by atoms with E-state index in [-0.39, 0.29) is 23.2 Å². The molecule has 38 heavy (non-hydrogen) atoms. The number of sulfone groups is 1. The van der Waals surface area contributed by atoms with Crippen LogP contribution in [0.15, 0.2) is 83.8 Å². The van der Waals surface area contributed by atoms with Crippen LogP contribution < -0.4 is 9.47 Å². The lowest BCUT2D eigenvalue weighted by Gasteiger charge is -2.17. The van der Waals surface area contributed by atoms with Gasteiger partial charge in [-0.1, -0.05) is 18.2 Å². The summed E-state index contributed by atoms with van der Waals surface area (Å²) in [7, 11) is -3.31. The van der Waals surface area contributed by atoms with Crippen LogP contribution in [0.4, 0.5) is 4.39 Å². The first-order valence-electron chi connectivity index (χ1n) is 12.6. The van der Waals surface area contributed by atoms with E-state index in [4.69, 9.17) is 9.47 Å². The Balaban J connectivity index is 1.36. The van der Waals surface area contributed by atoms with Crippen LogP contribution in [-0.4, -0.2) is 57.6 Å². The summed E-state index contributed by atoms with van der Waals surface area (Å²) in [6.45, 7) is 2.73. The molecule has 1 atom stereocenters. The number of hydrogen-bond donors (Lipinski definition) is 1. The van der Waals surface area contributed by atoms with E-state index in [0.717, 1.165) is 53.7 Å².